The number of aliphatic carboxylic acids is 7. The third-order valence-corrected chi connectivity index (χ3v) is 3.72. The van der Waals surface area contributed by atoms with E-state index in [2.05, 4.69) is 0 Å². The molecule has 0 spiro atoms. The first-order valence-corrected chi connectivity index (χ1v) is 11.9. The monoisotopic (exact) mass is 670 g/mol. The molecule has 0 unspecified atom stereocenters. The van der Waals surface area contributed by atoms with Crippen LogP contribution in [0, 0.1) is 0 Å². The topological polar surface area (TPSA) is 498 Å². The maximum atomic E-state index is 9.99. The van der Waals surface area contributed by atoms with Gasteiger partial charge < -0.3 is 90.6 Å². The van der Waals surface area contributed by atoms with Gasteiger partial charge in [-0.1, -0.05) is 0 Å². The molecule has 0 rings (SSSR count). The first-order valence-electron chi connectivity index (χ1n) is 11.9. The van der Waals surface area contributed by atoms with Crippen molar-refractivity contribution >= 4 is 41.8 Å². The van der Waals surface area contributed by atoms with Crippen LogP contribution < -0.4 is 34.4 Å². The van der Waals surface area contributed by atoms with Gasteiger partial charge in [-0.25, -0.2) is 0 Å². The van der Waals surface area contributed by atoms with Gasteiger partial charge in [0.15, 0.2) is 0 Å². The fourth-order valence-corrected chi connectivity index (χ4v) is 0.843. The van der Waals surface area contributed by atoms with Crippen molar-refractivity contribution in [2.45, 2.75) is 69.0 Å². The maximum absolute atomic E-state index is 9.99. The Balaban J connectivity index is -0.000000102. The number of rotatable bonds is 13. The van der Waals surface area contributed by atoms with Crippen molar-refractivity contribution in [3.05, 3.63) is 0 Å². The number of carbonyl (C=O) groups is 7. The van der Waals surface area contributed by atoms with E-state index in [-0.39, 0.29) is 12.8 Å². The lowest BCUT2D eigenvalue weighted by Crippen LogP contribution is -2.39. The van der Waals surface area contributed by atoms with Gasteiger partial charge in [-0.2, -0.15) is 0 Å². The predicted octanol–water partition coefficient (Wildman–Crippen LogP) is -7.37. The third kappa shape index (κ3) is 47.0. The number of carboxylic acids is 7. The van der Waals surface area contributed by atoms with Gasteiger partial charge in [0.1, 0.15) is 36.3 Å². The van der Waals surface area contributed by atoms with E-state index >= 15 is 0 Å². The molecule has 0 aliphatic heterocycles. The van der Waals surface area contributed by atoms with Crippen molar-refractivity contribution in [2.75, 3.05) is 19.8 Å². The highest BCUT2D eigenvalue weighted by Gasteiger charge is 2.16. The van der Waals surface area contributed by atoms with Crippen LogP contribution >= 0.6 is 0 Å². The fourth-order valence-electron chi connectivity index (χ4n) is 0.843. The maximum Gasteiger partial charge on any atom is 0.323 e. The van der Waals surface area contributed by atoms with E-state index in [0.29, 0.717) is 0 Å². The van der Waals surface area contributed by atoms with Crippen molar-refractivity contribution in [2.24, 2.45) is 34.4 Å². The van der Waals surface area contributed by atoms with Crippen LogP contribution in [0.4, 0.5) is 0 Å². The number of aliphatic hydroxyl groups excluding tert-OH is 4. The molecule has 0 radical (unpaired) electrons. The summed E-state index contributed by atoms with van der Waals surface area (Å²) in [4.78, 5) is 68.2. The van der Waals surface area contributed by atoms with Crippen LogP contribution in [0.3, 0.4) is 0 Å². The van der Waals surface area contributed by atoms with Crippen LogP contribution in [0.5, 0.6) is 0 Å². The van der Waals surface area contributed by atoms with Crippen molar-refractivity contribution in [1.82, 2.24) is 0 Å². The lowest BCUT2D eigenvalue weighted by atomic mass is 10.2. The number of aliphatic hydroxyl groups is 4. The smallest absolute Gasteiger partial charge is 0.323 e. The summed E-state index contributed by atoms with van der Waals surface area (Å²) in [6, 6.07) is -6.32. The quantitative estimate of drug-likeness (QED) is 0.0864. The Kier molecular flexibility index (Phi) is 39.0. The van der Waals surface area contributed by atoms with Gasteiger partial charge in [0.2, 0.25) is 0 Å². The van der Waals surface area contributed by atoms with Crippen LogP contribution in [0.25, 0.3) is 0 Å². The van der Waals surface area contributed by atoms with Gasteiger partial charge >= 0.3 is 41.8 Å². The SMILES string of the molecule is C[C@@H](O)[C@H](N)C(=O)O.C[C@H](N)C(=O)O.N[C@@H](CCC(=O)O)C(=O)O.N[C@@H](CO)C(=O)O.N[C@@H](CO)C(=O)O.N[C@@H](CO)C(=O)O. The third-order valence-electron chi connectivity index (χ3n) is 3.72. The molecule has 0 aromatic rings. The Morgan fingerprint density at radius 3 is 0.800 bits per heavy atom. The van der Waals surface area contributed by atoms with E-state index in [1.54, 1.807) is 0 Å². The molecule has 0 bridgehead atoms. The zero-order valence-electron chi connectivity index (χ0n) is 24.3. The molecule has 0 saturated carbocycles. The highest BCUT2D eigenvalue weighted by molar-refractivity contribution is 5.75. The second-order valence-corrected chi connectivity index (χ2v) is 7.99. The predicted molar refractivity (Wildman–Crippen MR) is 149 cm³/mol. The average Bonchev–Trinajstić information content (AvgIpc) is 2.94. The molecule has 24 heteroatoms. The van der Waals surface area contributed by atoms with E-state index in [4.69, 9.17) is 90.6 Å². The largest absolute Gasteiger partial charge is 0.481 e. The molecule has 45 heavy (non-hydrogen) atoms. The molecule has 0 saturated heterocycles. The van der Waals surface area contributed by atoms with Crippen LogP contribution in [-0.4, -0.2) is 160 Å². The Hall–Kier alpha value is -4.11. The van der Waals surface area contributed by atoms with Crippen LogP contribution in [0.15, 0.2) is 0 Å². The van der Waals surface area contributed by atoms with Crippen molar-refractivity contribution in [3.63, 3.8) is 0 Å². The highest BCUT2D eigenvalue weighted by Crippen LogP contribution is 1.93. The normalized spacial score (nSPS) is 14.0. The second-order valence-electron chi connectivity index (χ2n) is 7.99. The summed E-state index contributed by atoms with van der Waals surface area (Å²) in [5.74, 6) is -7.87. The second kappa shape index (κ2) is 32.8. The Morgan fingerprint density at radius 2 is 0.733 bits per heavy atom. The molecule has 7 atom stereocenters. The molecule has 0 aromatic carbocycles. The van der Waals surface area contributed by atoms with E-state index in [0.717, 1.165) is 0 Å². The first kappa shape index (κ1) is 53.4. The molecule has 268 valence electrons. The van der Waals surface area contributed by atoms with E-state index in [1.165, 1.54) is 13.8 Å². The molecule has 23 N–H and O–H groups in total. The first-order chi connectivity index (χ1) is 20.3. The summed E-state index contributed by atoms with van der Waals surface area (Å²) in [6.45, 7) is 1.24. The summed E-state index contributed by atoms with van der Waals surface area (Å²) in [6.07, 6.45) is -1.20. The number of carboxylic acid groups (broad SMARTS) is 7. The van der Waals surface area contributed by atoms with Gasteiger partial charge in [-0.05, 0) is 20.3 Å². The van der Waals surface area contributed by atoms with Crippen molar-refractivity contribution in [3.8, 4) is 0 Å². The summed E-state index contributed by atoms with van der Waals surface area (Å²) in [5.41, 5.74) is 29.0. The molecule has 24 nitrogen and oxygen atoms in total. The van der Waals surface area contributed by atoms with Gasteiger partial charge in [0, 0.05) is 6.42 Å². The summed E-state index contributed by atoms with van der Waals surface area (Å²) in [7, 11) is 0. The molecular weight excluding hydrogens is 624 g/mol. The summed E-state index contributed by atoms with van der Waals surface area (Å²) < 4.78 is 0. The van der Waals surface area contributed by atoms with E-state index < -0.39 is 104 Å². The lowest BCUT2D eigenvalue weighted by molar-refractivity contribution is -0.141. The van der Waals surface area contributed by atoms with Gasteiger partial charge in [0.25, 0.3) is 0 Å². The Labute approximate surface area is 255 Å². The van der Waals surface area contributed by atoms with Crippen LogP contribution in [0.2, 0.25) is 0 Å². The zero-order valence-corrected chi connectivity index (χ0v) is 24.3. The number of hydrogen-bond acceptors (Lipinski definition) is 17. The van der Waals surface area contributed by atoms with Crippen molar-refractivity contribution in [1.29, 1.82) is 0 Å². The van der Waals surface area contributed by atoms with Gasteiger partial charge in [-0.15, -0.1) is 0 Å². The molecule has 0 aliphatic carbocycles. The molecular formula is C21H46N6O18. The van der Waals surface area contributed by atoms with Crippen LogP contribution in [0.1, 0.15) is 26.7 Å². The molecule has 0 aliphatic rings. The molecule has 0 fully saturated rings. The summed E-state index contributed by atoms with van der Waals surface area (Å²) in [5, 5.41) is 88.4. The molecule has 0 heterocycles. The van der Waals surface area contributed by atoms with Crippen molar-refractivity contribution < 1.29 is 89.7 Å². The number of hydrogen-bond donors (Lipinski definition) is 17. The Morgan fingerprint density at radius 1 is 0.489 bits per heavy atom. The molecule has 0 aromatic heterocycles. The summed E-state index contributed by atoms with van der Waals surface area (Å²) >= 11 is 0. The minimum absolute atomic E-state index is 0.0231. The minimum Gasteiger partial charge on any atom is -0.481 e. The fraction of sp³-hybridized carbons (Fsp3) is 0.667. The zero-order chi connectivity index (χ0) is 37.6. The number of nitrogens with two attached hydrogens (primary N) is 6. The van der Waals surface area contributed by atoms with Gasteiger partial charge in [0.05, 0.1) is 25.9 Å². The lowest BCUT2D eigenvalue weighted by Gasteiger charge is -2.06. The molecule has 0 amide bonds. The average molecular weight is 671 g/mol. The minimum atomic E-state index is -1.18. The Bertz CT molecular complexity index is 813. The van der Waals surface area contributed by atoms with Gasteiger partial charge in [-0.3, -0.25) is 33.6 Å². The van der Waals surface area contributed by atoms with E-state index in [1.807, 2.05) is 0 Å². The standard InChI is InChI=1S/C5H9NO4.C4H9NO3.3C3H7NO3.C3H7NO2/c6-3(5(9)10)1-2-4(7)8;1-2(6)3(5)4(7)8;3*4-2(1-5)3(6)7;1-2(4)3(5)6/h3H,1-2,6H2,(H,7,8)(H,9,10);2-3,6H,5H2,1H3,(H,7,8);3*2,5H,1,4H2,(H,6,7);2H,4H2,1H3,(H,5,6)/t3-;2-,3+;4*2-/m010000/s1. The highest BCUT2D eigenvalue weighted by atomic mass is 16.4. The van der Waals surface area contributed by atoms with E-state index in [9.17, 15) is 33.6 Å². The van der Waals surface area contributed by atoms with Crippen LogP contribution in [-0.2, 0) is 33.6 Å².